The highest BCUT2D eigenvalue weighted by atomic mass is 32.1. The Balaban J connectivity index is 2.02. The molecule has 0 radical (unpaired) electrons. The van der Waals surface area contributed by atoms with Crippen molar-refractivity contribution in [2.45, 2.75) is 6.42 Å². The third-order valence-electron chi connectivity index (χ3n) is 1.82. The molecular formula is C10H9N3OS2. The van der Waals surface area contributed by atoms with Crippen molar-refractivity contribution in [2.75, 3.05) is 5.32 Å². The number of carbonyl (C=O) groups is 1. The van der Waals surface area contributed by atoms with Gasteiger partial charge in [0, 0.05) is 6.42 Å². The van der Waals surface area contributed by atoms with Crippen LogP contribution in [0.25, 0.3) is 0 Å². The molecule has 0 saturated carbocycles. The van der Waals surface area contributed by atoms with Gasteiger partial charge in [-0.05, 0) is 28.5 Å². The number of nitrogens with one attached hydrogen (secondary N) is 1. The molecule has 2 aromatic rings. The van der Waals surface area contributed by atoms with E-state index in [0.29, 0.717) is 5.13 Å². The van der Waals surface area contributed by atoms with E-state index in [0.717, 1.165) is 11.4 Å². The van der Waals surface area contributed by atoms with E-state index in [1.807, 2.05) is 11.4 Å². The fourth-order valence-electron chi connectivity index (χ4n) is 1.10. The maximum Gasteiger partial charge on any atom is 0.249 e. The number of carbonyl (C=O) groups excluding carboxylic acids is 1. The number of hydrogen-bond acceptors (Lipinski definition) is 5. The van der Waals surface area contributed by atoms with Crippen LogP contribution in [0.4, 0.5) is 5.13 Å². The van der Waals surface area contributed by atoms with Gasteiger partial charge < -0.3 is 0 Å². The Morgan fingerprint density at radius 1 is 1.56 bits per heavy atom. The number of rotatable bonds is 4. The van der Waals surface area contributed by atoms with Gasteiger partial charge >= 0.3 is 0 Å². The van der Waals surface area contributed by atoms with Crippen LogP contribution < -0.4 is 5.32 Å². The van der Waals surface area contributed by atoms with Crippen molar-refractivity contribution in [3.05, 3.63) is 40.1 Å². The average molecular weight is 251 g/mol. The highest BCUT2D eigenvalue weighted by Crippen LogP contribution is 2.19. The SMILES string of the molecule is C=CC(=O)Nc1nnc(Cc2ccsc2)s1. The molecule has 6 heteroatoms. The van der Waals surface area contributed by atoms with Gasteiger partial charge in [0.2, 0.25) is 11.0 Å². The number of nitrogens with zero attached hydrogens (tertiary/aromatic N) is 2. The van der Waals surface area contributed by atoms with Gasteiger partial charge in [-0.1, -0.05) is 17.9 Å². The van der Waals surface area contributed by atoms with E-state index in [2.05, 4.69) is 27.5 Å². The lowest BCUT2D eigenvalue weighted by molar-refractivity contribution is -0.111. The largest absolute Gasteiger partial charge is 0.297 e. The zero-order valence-corrected chi connectivity index (χ0v) is 9.98. The van der Waals surface area contributed by atoms with Crippen molar-refractivity contribution >= 4 is 33.7 Å². The van der Waals surface area contributed by atoms with Crippen molar-refractivity contribution in [1.82, 2.24) is 10.2 Å². The molecular weight excluding hydrogens is 242 g/mol. The van der Waals surface area contributed by atoms with Crippen LogP contribution in [0.15, 0.2) is 29.5 Å². The predicted octanol–water partition coefficient (Wildman–Crippen LogP) is 2.31. The van der Waals surface area contributed by atoms with Gasteiger partial charge in [-0.15, -0.1) is 10.2 Å². The van der Waals surface area contributed by atoms with E-state index in [9.17, 15) is 4.79 Å². The van der Waals surface area contributed by atoms with Crippen molar-refractivity contribution < 1.29 is 4.79 Å². The van der Waals surface area contributed by atoms with Gasteiger partial charge in [0.15, 0.2) is 0 Å². The molecule has 0 aliphatic rings. The van der Waals surface area contributed by atoms with Crippen LogP contribution in [0.1, 0.15) is 10.6 Å². The van der Waals surface area contributed by atoms with Crippen molar-refractivity contribution in [2.24, 2.45) is 0 Å². The summed E-state index contributed by atoms with van der Waals surface area (Å²) in [7, 11) is 0. The monoisotopic (exact) mass is 251 g/mol. The fraction of sp³-hybridized carbons (Fsp3) is 0.100. The summed E-state index contributed by atoms with van der Waals surface area (Å²) < 4.78 is 0. The maximum absolute atomic E-state index is 11.0. The zero-order chi connectivity index (χ0) is 11.4. The first-order chi connectivity index (χ1) is 7.78. The quantitative estimate of drug-likeness (QED) is 0.848. The number of amides is 1. The van der Waals surface area contributed by atoms with E-state index in [1.54, 1.807) is 11.3 Å². The summed E-state index contributed by atoms with van der Waals surface area (Å²) in [6.45, 7) is 3.37. The number of hydrogen-bond donors (Lipinski definition) is 1. The Labute approximate surface area is 101 Å². The maximum atomic E-state index is 11.0. The Hall–Kier alpha value is -1.53. The first kappa shape index (κ1) is 11.0. The third-order valence-corrected chi connectivity index (χ3v) is 3.39. The first-order valence-electron chi connectivity index (χ1n) is 4.55. The topological polar surface area (TPSA) is 54.9 Å². The van der Waals surface area contributed by atoms with Crippen LogP contribution in [-0.4, -0.2) is 16.1 Å². The molecule has 0 unspecified atom stereocenters. The van der Waals surface area contributed by atoms with Crippen LogP contribution in [0.3, 0.4) is 0 Å². The van der Waals surface area contributed by atoms with Crippen LogP contribution in [-0.2, 0) is 11.2 Å². The number of anilines is 1. The van der Waals surface area contributed by atoms with Crippen LogP contribution in [0.5, 0.6) is 0 Å². The summed E-state index contributed by atoms with van der Waals surface area (Å²) in [5, 5.41) is 16.0. The number of aromatic nitrogens is 2. The molecule has 16 heavy (non-hydrogen) atoms. The summed E-state index contributed by atoms with van der Waals surface area (Å²) in [6.07, 6.45) is 1.96. The van der Waals surface area contributed by atoms with Crippen LogP contribution >= 0.6 is 22.7 Å². The van der Waals surface area contributed by atoms with Gasteiger partial charge in [0.05, 0.1) is 0 Å². The predicted molar refractivity (Wildman–Crippen MR) is 65.9 cm³/mol. The molecule has 0 saturated heterocycles. The Morgan fingerprint density at radius 2 is 2.44 bits per heavy atom. The molecule has 0 spiro atoms. The molecule has 2 heterocycles. The molecule has 2 aromatic heterocycles. The molecule has 1 N–H and O–H groups in total. The third kappa shape index (κ3) is 2.74. The minimum atomic E-state index is -0.266. The molecule has 4 nitrogen and oxygen atoms in total. The van der Waals surface area contributed by atoms with Crippen LogP contribution in [0, 0.1) is 0 Å². The lowest BCUT2D eigenvalue weighted by atomic mass is 10.3. The second-order valence-electron chi connectivity index (χ2n) is 3.00. The Kier molecular flexibility index (Phi) is 3.43. The lowest BCUT2D eigenvalue weighted by Gasteiger charge is -1.92. The highest BCUT2D eigenvalue weighted by Gasteiger charge is 2.06. The highest BCUT2D eigenvalue weighted by molar-refractivity contribution is 7.15. The molecule has 1 amide bonds. The van der Waals surface area contributed by atoms with Gasteiger partial charge in [-0.3, -0.25) is 10.1 Å². The van der Waals surface area contributed by atoms with E-state index < -0.39 is 0 Å². The average Bonchev–Trinajstić information content (AvgIpc) is 2.91. The Morgan fingerprint density at radius 3 is 3.12 bits per heavy atom. The standard InChI is InChI=1S/C10H9N3OS2/c1-2-8(14)11-10-13-12-9(16-10)5-7-3-4-15-6-7/h2-4,6H,1,5H2,(H,11,13,14). The summed E-state index contributed by atoms with van der Waals surface area (Å²) in [6, 6.07) is 2.05. The minimum Gasteiger partial charge on any atom is -0.297 e. The van der Waals surface area contributed by atoms with Gasteiger partial charge in [-0.25, -0.2) is 0 Å². The normalized spacial score (nSPS) is 10.0. The second-order valence-corrected chi connectivity index (χ2v) is 4.84. The first-order valence-corrected chi connectivity index (χ1v) is 6.31. The molecule has 2 rings (SSSR count). The Bertz CT molecular complexity index is 490. The summed E-state index contributed by atoms with van der Waals surface area (Å²) in [4.78, 5) is 11.0. The molecule has 0 aliphatic heterocycles. The zero-order valence-electron chi connectivity index (χ0n) is 8.34. The molecule has 0 bridgehead atoms. The summed E-state index contributed by atoms with van der Waals surface area (Å²) in [5.41, 5.74) is 1.21. The molecule has 0 aromatic carbocycles. The molecule has 0 atom stereocenters. The smallest absolute Gasteiger partial charge is 0.249 e. The minimum absolute atomic E-state index is 0.266. The van der Waals surface area contributed by atoms with Crippen LogP contribution in [0.2, 0.25) is 0 Å². The van der Waals surface area contributed by atoms with Crippen molar-refractivity contribution in [3.63, 3.8) is 0 Å². The van der Waals surface area contributed by atoms with E-state index in [1.165, 1.54) is 23.0 Å². The van der Waals surface area contributed by atoms with E-state index >= 15 is 0 Å². The molecule has 0 fully saturated rings. The molecule has 82 valence electrons. The fourth-order valence-corrected chi connectivity index (χ4v) is 2.55. The lowest BCUT2D eigenvalue weighted by Crippen LogP contribution is -2.06. The van der Waals surface area contributed by atoms with Gasteiger partial charge in [0.1, 0.15) is 5.01 Å². The van der Waals surface area contributed by atoms with E-state index in [4.69, 9.17) is 0 Å². The van der Waals surface area contributed by atoms with Gasteiger partial charge in [-0.2, -0.15) is 11.3 Å². The van der Waals surface area contributed by atoms with Crippen molar-refractivity contribution in [1.29, 1.82) is 0 Å². The molecule has 0 aliphatic carbocycles. The number of thiophene rings is 1. The van der Waals surface area contributed by atoms with E-state index in [-0.39, 0.29) is 5.91 Å². The second kappa shape index (κ2) is 5.00. The van der Waals surface area contributed by atoms with Crippen molar-refractivity contribution in [3.8, 4) is 0 Å². The summed E-state index contributed by atoms with van der Waals surface area (Å²) in [5.74, 6) is -0.266. The summed E-state index contributed by atoms with van der Waals surface area (Å²) >= 11 is 3.03. The van der Waals surface area contributed by atoms with Gasteiger partial charge in [0.25, 0.3) is 0 Å².